The number of esters is 1. The Hall–Kier alpha value is -4.07. The summed E-state index contributed by atoms with van der Waals surface area (Å²) in [5, 5.41) is 19.6. The zero-order valence-corrected chi connectivity index (χ0v) is 18.2. The predicted octanol–water partition coefficient (Wildman–Crippen LogP) is 4.76. The van der Waals surface area contributed by atoms with Crippen LogP contribution in [-0.2, 0) is 4.79 Å². The van der Waals surface area contributed by atoms with Crippen molar-refractivity contribution in [3.63, 3.8) is 0 Å². The number of ether oxygens (including phenoxy) is 3. The summed E-state index contributed by atoms with van der Waals surface area (Å²) in [4.78, 5) is 36.2. The summed E-state index contributed by atoms with van der Waals surface area (Å²) in [6, 6.07) is 2.87. The summed E-state index contributed by atoms with van der Waals surface area (Å²) >= 11 is 0. The summed E-state index contributed by atoms with van der Waals surface area (Å²) in [5.41, 5.74) is 1.64. The maximum absolute atomic E-state index is 13.2. The lowest BCUT2D eigenvalue weighted by molar-refractivity contribution is -0.131. The first-order chi connectivity index (χ1) is 15.1. The number of phenols is 1. The SMILES string of the molecule is C/C=C(\C)c1cc(OC)c(C)c2c1Oc1c(C=O)c(O)cc(/C(C)=C/C(=O)O)c1C(=O)O2. The van der Waals surface area contributed by atoms with Gasteiger partial charge in [0, 0.05) is 17.2 Å². The van der Waals surface area contributed by atoms with Crippen LogP contribution in [-0.4, -0.2) is 35.5 Å². The molecule has 0 aromatic heterocycles. The van der Waals surface area contributed by atoms with E-state index in [4.69, 9.17) is 19.3 Å². The summed E-state index contributed by atoms with van der Waals surface area (Å²) in [5.74, 6) is -2.05. The zero-order chi connectivity index (χ0) is 23.7. The fourth-order valence-electron chi connectivity index (χ4n) is 3.50. The Bertz CT molecular complexity index is 1220. The molecule has 0 saturated heterocycles. The van der Waals surface area contributed by atoms with Gasteiger partial charge in [0.1, 0.15) is 17.1 Å². The Kier molecular flexibility index (Phi) is 6.06. The number of phenolic OH excluding ortho intramolecular Hbond substituents is 1. The lowest BCUT2D eigenvalue weighted by Crippen LogP contribution is -2.12. The summed E-state index contributed by atoms with van der Waals surface area (Å²) in [6.07, 6.45) is 3.07. The average Bonchev–Trinajstić information content (AvgIpc) is 2.89. The number of aldehydes is 1. The molecule has 0 unspecified atom stereocenters. The van der Waals surface area contributed by atoms with Gasteiger partial charge < -0.3 is 24.4 Å². The molecular weight excluding hydrogens is 416 g/mol. The van der Waals surface area contributed by atoms with E-state index in [9.17, 15) is 19.5 Å². The topological polar surface area (TPSA) is 119 Å². The number of allylic oxidation sites excluding steroid dienone is 3. The zero-order valence-electron chi connectivity index (χ0n) is 18.2. The highest BCUT2D eigenvalue weighted by molar-refractivity contribution is 6.06. The normalized spacial score (nSPS) is 13.3. The van der Waals surface area contributed by atoms with Gasteiger partial charge in [-0.2, -0.15) is 0 Å². The summed E-state index contributed by atoms with van der Waals surface area (Å²) in [6.45, 7) is 6.80. The van der Waals surface area contributed by atoms with E-state index in [2.05, 4.69) is 0 Å². The molecule has 2 aromatic rings. The minimum Gasteiger partial charge on any atom is -0.507 e. The van der Waals surface area contributed by atoms with Crippen LogP contribution in [0.25, 0.3) is 11.1 Å². The summed E-state index contributed by atoms with van der Waals surface area (Å²) in [7, 11) is 1.48. The average molecular weight is 438 g/mol. The van der Waals surface area contributed by atoms with Crippen molar-refractivity contribution in [1.82, 2.24) is 0 Å². The van der Waals surface area contributed by atoms with Crippen LogP contribution >= 0.6 is 0 Å². The molecule has 0 spiro atoms. The van der Waals surface area contributed by atoms with Crippen LogP contribution in [0, 0.1) is 6.92 Å². The molecule has 2 N–H and O–H groups in total. The smallest absolute Gasteiger partial charge is 0.348 e. The summed E-state index contributed by atoms with van der Waals surface area (Å²) < 4.78 is 17.2. The van der Waals surface area contributed by atoms with E-state index >= 15 is 0 Å². The number of aromatic hydroxyl groups is 1. The van der Waals surface area contributed by atoms with Gasteiger partial charge in [0.15, 0.2) is 23.5 Å². The number of hydrogen-bond acceptors (Lipinski definition) is 7. The quantitative estimate of drug-likeness (QED) is 0.297. The molecule has 0 bridgehead atoms. The van der Waals surface area contributed by atoms with Crippen LogP contribution < -0.4 is 14.2 Å². The van der Waals surface area contributed by atoms with Crippen LogP contribution in [0.4, 0.5) is 0 Å². The molecule has 1 aliphatic heterocycles. The van der Waals surface area contributed by atoms with Gasteiger partial charge >= 0.3 is 11.9 Å². The second-order valence-corrected chi connectivity index (χ2v) is 7.22. The van der Waals surface area contributed by atoms with Gasteiger partial charge in [0.05, 0.1) is 12.7 Å². The monoisotopic (exact) mass is 438 g/mol. The molecule has 0 amide bonds. The van der Waals surface area contributed by atoms with E-state index < -0.39 is 17.7 Å². The molecule has 0 atom stereocenters. The standard InChI is InChI=1S/C24H22O8/c1-6-11(2)15-9-18(30-5)13(4)21-23(15)31-22-16(10-25)17(26)8-14(12(3)7-19(27)28)20(22)24(29)32-21/h6-10,26H,1-5H3,(H,27,28)/b11-6+,12-7+. The van der Waals surface area contributed by atoms with Crippen molar-refractivity contribution >= 4 is 29.4 Å². The Morgan fingerprint density at radius 2 is 1.75 bits per heavy atom. The minimum atomic E-state index is -1.24. The second kappa shape index (κ2) is 8.58. The maximum atomic E-state index is 13.2. The van der Waals surface area contributed by atoms with Gasteiger partial charge in [-0.15, -0.1) is 0 Å². The van der Waals surface area contributed by atoms with Crippen molar-refractivity contribution in [2.45, 2.75) is 27.7 Å². The van der Waals surface area contributed by atoms with Crippen molar-refractivity contribution in [3.8, 4) is 28.7 Å². The molecule has 3 rings (SSSR count). The van der Waals surface area contributed by atoms with Gasteiger partial charge in [-0.05, 0) is 56.5 Å². The van der Waals surface area contributed by atoms with Crippen LogP contribution in [0.1, 0.15) is 58.2 Å². The lowest BCUT2D eigenvalue weighted by atomic mass is 9.96. The third-order valence-corrected chi connectivity index (χ3v) is 5.30. The molecule has 1 aliphatic rings. The first-order valence-electron chi connectivity index (χ1n) is 9.66. The number of carbonyl (C=O) groups is 3. The highest BCUT2D eigenvalue weighted by Crippen LogP contribution is 2.50. The Labute approximate surface area is 184 Å². The molecule has 2 aromatic carbocycles. The molecule has 166 valence electrons. The molecule has 8 nitrogen and oxygen atoms in total. The highest BCUT2D eigenvalue weighted by atomic mass is 16.6. The number of hydrogen-bond donors (Lipinski definition) is 2. The molecule has 8 heteroatoms. The van der Waals surface area contributed by atoms with Crippen molar-refractivity contribution in [1.29, 1.82) is 0 Å². The van der Waals surface area contributed by atoms with E-state index in [-0.39, 0.29) is 39.5 Å². The number of benzene rings is 2. The minimum absolute atomic E-state index is 0.0669. The third kappa shape index (κ3) is 3.71. The number of carboxylic acid groups (broad SMARTS) is 1. The van der Waals surface area contributed by atoms with Crippen LogP contribution in [0.3, 0.4) is 0 Å². The van der Waals surface area contributed by atoms with Crippen LogP contribution in [0.2, 0.25) is 0 Å². The van der Waals surface area contributed by atoms with Gasteiger partial charge in [0.25, 0.3) is 0 Å². The number of carbonyl (C=O) groups excluding carboxylic acids is 2. The van der Waals surface area contributed by atoms with Crippen molar-refractivity contribution in [2.24, 2.45) is 0 Å². The van der Waals surface area contributed by atoms with E-state index in [1.54, 1.807) is 13.0 Å². The Balaban J connectivity index is 2.44. The largest absolute Gasteiger partial charge is 0.507 e. The first-order valence-corrected chi connectivity index (χ1v) is 9.66. The van der Waals surface area contributed by atoms with E-state index in [1.807, 2.05) is 19.9 Å². The number of carboxylic acids is 1. The van der Waals surface area contributed by atoms with Crippen molar-refractivity contribution in [3.05, 3.63) is 52.1 Å². The van der Waals surface area contributed by atoms with E-state index in [0.717, 1.165) is 17.7 Å². The number of rotatable bonds is 5. The molecular formula is C24H22O8. The molecule has 0 fully saturated rings. The Morgan fingerprint density at radius 1 is 1.06 bits per heavy atom. The van der Waals surface area contributed by atoms with Crippen molar-refractivity contribution in [2.75, 3.05) is 7.11 Å². The maximum Gasteiger partial charge on any atom is 0.348 e. The van der Waals surface area contributed by atoms with Gasteiger partial charge in [-0.25, -0.2) is 9.59 Å². The van der Waals surface area contributed by atoms with Crippen LogP contribution in [0.5, 0.6) is 28.7 Å². The molecule has 0 radical (unpaired) electrons. The number of methoxy groups -OCH3 is 1. The Morgan fingerprint density at radius 3 is 2.31 bits per heavy atom. The molecule has 1 heterocycles. The fraction of sp³-hybridized carbons (Fsp3) is 0.208. The highest BCUT2D eigenvalue weighted by Gasteiger charge is 2.34. The van der Waals surface area contributed by atoms with Gasteiger partial charge in [-0.3, -0.25) is 4.79 Å². The molecule has 32 heavy (non-hydrogen) atoms. The first kappa shape index (κ1) is 22.6. The van der Waals surface area contributed by atoms with E-state index in [1.165, 1.54) is 14.0 Å². The van der Waals surface area contributed by atoms with Gasteiger partial charge in [0.2, 0.25) is 0 Å². The fourth-order valence-corrected chi connectivity index (χ4v) is 3.50. The molecule has 0 aliphatic carbocycles. The second-order valence-electron chi connectivity index (χ2n) is 7.22. The third-order valence-electron chi connectivity index (χ3n) is 5.30. The molecule has 0 saturated carbocycles. The van der Waals surface area contributed by atoms with Crippen molar-refractivity contribution < 1.29 is 38.8 Å². The van der Waals surface area contributed by atoms with Gasteiger partial charge in [-0.1, -0.05) is 6.08 Å². The predicted molar refractivity (Wildman–Crippen MR) is 117 cm³/mol. The number of aliphatic carboxylic acids is 1. The lowest BCUT2D eigenvalue weighted by Gasteiger charge is -2.18. The van der Waals surface area contributed by atoms with Crippen LogP contribution in [0.15, 0.2) is 24.3 Å². The van der Waals surface area contributed by atoms with E-state index in [0.29, 0.717) is 23.2 Å². The number of fused-ring (bicyclic) bond motifs is 2.